The van der Waals surface area contributed by atoms with E-state index in [0.717, 1.165) is 24.2 Å². The number of benzene rings is 1. The Morgan fingerprint density at radius 2 is 2.00 bits per heavy atom. The third-order valence-electron chi connectivity index (χ3n) is 3.64. The van der Waals surface area contributed by atoms with Gasteiger partial charge in [0.25, 0.3) is 0 Å². The van der Waals surface area contributed by atoms with Crippen LogP contribution in [-0.4, -0.2) is 19.2 Å². The molecule has 1 aromatic carbocycles. The van der Waals surface area contributed by atoms with Gasteiger partial charge in [0, 0.05) is 11.6 Å². The zero-order valence-corrected chi connectivity index (χ0v) is 11.6. The highest BCUT2D eigenvalue weighted by Gasteiger charge is 2.19. The van der Waals surface area contributed by atoms with Crippen LogP contribution in [-0.2, 0) is 0 Å². The number of ether oxygens (including phenoxy) is 1. The zero-order chi connectivity index (χ0) is 13.7. The molecular formula is C15H22N2O2. The van der Waals surface area contributed by atoms with Crippen molar-refractivity contribution in [1.82, 2.24) is 10.6 Å². The molecule has 0 radical (unpaired) electrons. The van der Waals surface area contributed by atoms with Crippen molar-refractivity contribution in [3.63, 3.8) is 0 Å². The van der Waals surface area contributed by atoms with E-state index < -0.39 is 0 Å². The molecule has 0 aliphatic heterocycles. The predicted molar refractivity (Wildman–Crippen MR) is 75.3 cm³/mol. The molecule has 2 rings (SSSR count). The topological polar surface area (TPSA) is 50.4 Å². The van der Waals surface area contributed by atoms with Gasteiger partial charge in [0.1, 0.15) is 5.75 Å². The minimum Gasteiger partial charge on any atom is -0.496 e. The molecular weight excluding hydrogens is 240 g/mol. The van der Waals surface area contributed by atoms with Crippen LogP contribution in [0.2, 0.25) is 0 Å². The van der Waals surface area contributed by atoms with Gasteiger partial charge in [-0.05, 0) is 25.8 Å². The lowest BCUT2D eigenvalue weighted by Gasteiger charge is -2.19. The maximum atomic E-state index is 11.9. The molecule has 104 valence electrons. The van der Waals surface area contributed by atoms with E-state index >= 15 is 0 Å². The molecule has 1 aliphatic carbocycles. The van der Waals surface area contributed by atoms with Crippen molar-refractivity contribution >= 4 is 6.03 Å². The number of nitrogens with one attached hydrogen (secondary N) is 2. The summed E-state index contributed by atoms with van der Waals surface area (Å²) in [6.45, 7) is 1.96. The van der Waals surface area contributed by atoms with Gasteiger partial charge in [-0.15, -0.1) is 0 Å². The fourth-order valence-corrected chi connectivity index (χ4v) is 2.60. The number of methoxy groups -OCH3 is 1. The minimum atomic E-state index is -0.0923. The quantitative estimate of drug-likeness (QED) is 0.876. The SMILES string of the molecule is COc1ccccc1C(C)NC(=O)NC1CCCC1. The van der Waals surface area contributed by atoms with Gasteiger partial charge in [-0.1, -0.05) is 31.0 Å². The number of urea groups is 1. The van der Waals surface area contributed by atoms with E-state index in [4.69, 9.17) is 4.74 Å². The zero-order valence-electron chi connectivity index (χ0n) is 11.6. The van der Waals surface area contributed by atoms with Gasteiger partial charge in [-0.3, -0.25) is 0 Å². The van der Waals surface area contributed by atoms with E-state index in [1.807, 2.05) is 31.2 Å². The lowest BCUT2D eigenvalue weighted by atomic mass is 10.1. The first kappa shape index (κ1) is 13.7. The average molecular weight is 262 g/mol. The van der Waals surface area contributed by atoms with Crippen LogP contribution in [0.3, 0.4) is 0 Å². The Kier molecular flexibility index (Phi) is 4.66. The third kappa shape index (κ3) is 3.63. The lowest BCUT2D eigenvalue weighted by Crippen LogP contribution is -2.41. The number of carbonyl (C=O) groups excluding carboxylic acids is 1. The highest BCUT2D eigenvalue weighted by Crippen LogP contribution is 2.24. The van der Waals surface area contributed by atoms with Crippen LogP contribution < -0.4 is 15.4 Å². The van der Waals surface area contributed by atoms with Crippen LogP contribution in [0, 0.1) is 0 Å². The monoisotopic (exact) mass is 262 g/mol. The van der Waals surface area contributed by atoms with Crippen molar-refractivity contribution in [2.45, 2.75) is 44.7 Å². The molecule has 0 aromatic heterocycles. The van der Waals surface area contributed by atoms with Crippen molar-refractivity contribution < 1.29 is 9.53 Å². The number of hydrogen-bond acceptors (Lipinski definition) is 2. The van der Waals surface area contributed by atoms with Crippen molar-refractivity contribution in [3.05, 3.63) is 29.8 Å². The van der Waals surface area contributed by atoms with Crippen LogP contribution >= 0.6 is 0 Å². The summed E-state index contributed by atoms with van der Waals surface area (Å²) in [6.07, 6.45) is 4.62. The Hall–Kier alpha value is -1.71. The second kappa shape index (κ2) is 6.45. The van der Waals surface area contributed by atoms with Crippen molar-refractivity contribution in [2.75, 3.05) is 7.11 Å². The Bertz CT molecular complexity index is 428. The van der Waals surface area contributed by atoms with Gasteiger partial charge in [0.2, 0.25) is 0 Å². The van der Waals surface area contributed by atoms with E-state index in [2.05, 4.69) is 10.6 Å². The number of hydrogen-bond donors (Lipinski definition) is 2. The molecule has 1 aromatic rings. The van der Waals surface area contributed by atoms with E-state index in [1.165, 1.54) is 12.8 Å². The van der Waals surface area contributed by atoms with Gasteiger partial charge >= 0.3 is 6.03 Å². The lowest BCUT2D eigenvalue weighted by molar-refractivity contribution is 0.234. The summed E-state index contributed by atoms with van der Waals surface area (Å²) < 4.78 is 5.31. The normalized spacial score (nSPS) is 16.9. The van der Waals surface area contributed by atoms with Crippen LogP contribution in [0.15, 0.2) is 24.3 Å². The summed E-state index contributed by atoms with van der Waals surface area (Å²) in [4.78, 5) is 11.9. The van der Waals surface area contributed by atoms with E-state index in [0.29, 0.717) is 6.04 Å². The molecule has 1 atom stereocenters. The standard InChI is InChI=1S/C15H22N2O2/c1-11(13-9-5-6-10-14(13)19-2)16-15(18)17-12-7-3-4-8-12/h5-6,9-12H,3-4,7-8H2,1-2H3,(H2,16,17,18). The summed E-state index contributed by atoms with van der Waals surface area (Å²) in [5.41, 5.74) is 0.992. The summed E-state index contributed by atoms with van der Waals surface area (Å²) in [6, 6.07) is 7.92. The highest BCUT2D eigenvalue weighted by atomic mass is 16.5. The summed E-state index contributed by atoms with van der Waals surface area (Å²) >= 11 is 0. The largest absolute Gasteiger partial charge is 0.496 e. The molecule has 1 aliphatic rings. The molecule has 2 amide bonds. The summed E-state index contributed by atoms with van der Waals surface area (Å²) in [5, 5.41) is 5.99. The molecule has 1 saturated carbocycles. The van der Waals surface area contributed by atoms with Crippen LogP contribution in [0.4, 0.5) is 4.79 Å². The first-order chi connectivity index (χ1) is 9.20. The fourth-order valence-electron chi connectivity index (χ4n) is 2.60. The molecule has 4 heteroatoms. The van der Waals surface area contributed by atoms with E-state index in [1.54, 1.807) is 7.11 Å². The summed E-state index contributed by atoms with van der Waals surface area (Å²) in [5.74, 6) is 0.802. The van der Waals surface area contributed by atoms with Gasteiger partial charge in [0.05, 0.1) is 13.2 Å². The highest BCUT2D eigenvalue weighted by molar-refractivity contribution is 5.74. The number of rotatable bonds is 4. The smallest absolute Gasteiger partial charge is 0.315 e. The predicted octanol–water partition coefficient (Wildman–Crippen LogP) is 3.00. The molecule has 0 spiro atoms. The first-order valence-corrected chi connectivity index (χ1v) is 6.90. The number of carbonyl (C=O) groups is 1. The van der Waals surface area contributed by atoms with E-state index in [-0.39, 0.29) is 12.1 Å². The number of para-hydroxylation sites is 1. The van der Waals surface area contributed by atoms with Crippen LogP contribution in [0.1, 0.15) is 44.2 Å². The molecule has 0 bridgehead atoms. The first-order valence-electron chi connectivity index (χ1n) is 6.90. The Labute approximate surface area is 114 Å². The average Bonchev–Trinajstić information content (AvgIpc) is 2.91. The second-order valence-corrected chi connectivity index (χ2v) is 5.06. The Balaban J connectivity index is 1.92. The van der Waals surface area contributed by atoms with Crippen molar-refractivity contribution in [2.24, 2.45) is 0 Å². The molecule has 2 N–H and O–H groups in total. The minimum absolute atomic E-state index is 0.0717. The van der Waals surface area contributed by atoms with Crippen molar-refractivity contribution in [1.29, 1.82) is 0 Å². The Morgan fingerprint density at radius 1 is 1.32 bits per heavy atom. The van der Waals surface area contributed by atoms with Gasteiger partial charge in [-0.25, -0.2) is 4.79 Å². The molecule has 1 fully saturated rings. The third-order valence-corrected chi connectivity index (χ3v) is 3.64. The Morgan fingerprint density at radius 3 is 2.68 bits per heavy atom. The van der Waals surface area contributed by atoms with Gasteiger partial charge < -0.3 is 15.4 Å². The van der Waals surface area contributed by atoms with Gasteiger partial charge in [0.15, 0.2) is 0 Å². The molecule has 0 heterocycles. The number of amides is 2. The second-order valence-electron chi connectivity index (χ2n) is 5.06. The molecule has 19 heavy (non-hydrogen) atoms. The maximum absolute atomic E-state index is 11.9. The van der Waals surface area contributed by atoms with Crippen molar-refractivity contribution in [3.8, 4) is 5.75 Å². The molecule has 0 saturated heterocycles. The molecule has 1 unspecified atom stereocenters. The maximum Gasteiger partial charge on any atom is 0.315 e. The van der Waals surface area contributed by atoms with Crippen LogP contribution in [0.25, 0.3) is 0 Å². The van der Waals surface area contributed by atoms with Crippen LogP contribution in [0.5, 0.6) is 5.75 Å². The molecule has 4 nitrogen and oxygen atoms in total. The summed E-state index contributed by atoms with van der Waals surface area (Å²) in [7, 11) is 1.64. The van der Waals surface area contributed by atoms with E-state index in [9.17, 15) is 4.79 Å². The van der Waals surface area contributed by atoms with Gasteiger partial charge in [-0.2, -0.15) is 0 Å². The fraction of sp³-hybridized carbons (Fsp3) is 0.533.